The maximum Gasteiger partial charge on any atom is 0.251 e. The molecule has 2 amide bonds. The Morgan fingerprint density at radius 3 is 2.20 bits per heavy atom. The number of hydrogen-bond acceptors (Lipinski definition) is 4. The number of primary amides is 1. The average molecular weight is 412 g/mol. The fourth-order valence-corrected chi connectivity index (χ4v) is 3.15. The molecule has 5 N–H and O–H groups in total. The van der Waals surface area contributed by atoms with E-state index in [0.29, 0.717) is 18.1 Å². The van der Waals surface area contributed by atoms with Crippen molar-refractivity contribution in [3.8, 4) is 0 Å². The van der Waals surface area contributed by atoms with Gasteiger partial charge in [-0.2, -0.15) is 0 Å². The number of benzene rings is 2. The van der Waals surface area contributed by atoms with E-state index in [2.05, 4.69) is 15.2 Å². The summed E-state index contributed by atoms with van der Waals surface area (Å²) in [7, 11) is 0. The number of hydrogen-bond donors (Lipinski definition) is 3. The van der Waals surface area contributed by atoms with Gasteiger partial charge in [-0.1, -0.05) is 12.1 Å². The zero-order chi connectivity index (χ0) is 21.5. The van der Waals surface area contributed by atoms with Crippen molar-refractivity contribution in [2.24, 2.45) is 16.5 Å². The smallest absolute Gasteiger partial charge is 0.251 e. The lowest BCUT2D eigenvalue weighted by Gasteiger charge is -2.36. The van der Waals surface area contributed by atoms with Crippen LogP contribution in [0.5, 0.6) is 0 Å². The molecule has 2 aromatic carbocycles. The first kappa shape index (κ1) is 21.1. The summed E-state index contributed by atoms with van der Waals surface area (Å²) < 4.78 is 13.1. The van der Waals surface area contributed by atoms with Crippen LogP contribution in [-0.2, 0) is 11.3 Å². The van der Waals surface area contributed by atoms with E-state index in [1.807, 2.05) is 4.90 Å². The van der Waals surface area contributed by atoms with E-state index in [9.17, 15) is 14.0 Å². The van der Waals surface area contributed by atoms with Gasteiger partial charge in [-0.05, 0) is 42.0 Å². The Balaban J connectivity index is 1.50. The molecule has 1 aliphatic rings. The number of carbonyl (C=O) groups excluding carboxylic acids is 2. The third kappa shape index (κ3) is 5.69. The van der Waals surface area contributed by atoms with Crippen LogP contribution in [0.15, 0.2) is 53.5 Å². The van der Waals surface area contributed by atoms with Crippen LogP contribution in [0.3, 0.4) is 0 Å². The monoisotopic (exact) mass is 412 g/mol. The van der Waals surface area contributed by atoms with Crippen LogP contribution >= 0.6 is 0 Å². The molecule has 30 heavy (non-hydrogen) atoms. The van der Waals surface area contributed by atoms with Gasteiger partial charge in [0, 0.05) is 37.4 Å². The van der Waals surface area contributed by atoms with Gasteiger partial charge >= 0.3 is 0 Å². The number of rotatable bonds is 6. The van der Waals surface area contributed by atoms with E-state index in [-0.39, 0.29) is 18.3 Å². The van der Waals surface area contributed by atoms with Gasteiger partial charge < -0.3 is 26.6 Å². The number of amides is 2. The van der Waals surface area contributed by atoms with E-state index in [4.69, 9.17) is 11.5 Å². The van der Waals surface area contributed by atoms with Gasteiger partial charge in [0.2, 0.25) is 5.91 Å². The molecule has 3 rings (SSSR count). The molecule has 9 heteroatoms. The highest BCUT2D eigenvalue weighted by Gasteiger charge is 2.18. The van der Waals surface area contributed by atoms with Crippen molar-refractivity contribution in [2.75, 3.05) is 37.6 Å². The van der Waals surface area contributed by atoms with Crippen LogP contribution in [0.25, 0.3) is 0 Å². The molecule has 0 radical (unpaired) electrons. The van der Waals surface area contributed by atoms with Gasteiger partial charge in [-0.25, -0.2) is 9.38 Å². The normalized spacial score (nSPS) is 14.5. The van der Waals surface area contributed by atoms with Gasteiger partial charge in [0.15, 0.2) is 5.96 Å². The minimum atomic E-state index is -0.594. The van der Waals surface area contributed by atoms with E-state index >= 15 is 0 Å². The van der Waals surface area contributed by atoms with Crippen molar-refractivity contribution >= 4 is 23.5 Å². The second-order valence-electron chi connectivity index (χ2n) is 6.97. The Bertz CT molecular complexity index is 906. The summed E-state index contributed by atoms with van der Waals surface area (Å²) in [4.78, 5) is 31.3. The number of guanidine groups is 1. The third-order valence-electron chi connectivity index (χ3n) is 4.86. The molecule has 0 atom stereocenters. The van der Waals surface area contributed by atoms with E-state index < -0.39 is 5.91 Å². The second-order valence-corrected chi connectivity index (χ2v) is 6.97. The van der Waals surface area contributed by atoms with Crippen LogP contribution in [-0.4, -0.2) is 55.4 Å². The van der Waals surface area contributed by atoms with E-state index in [0.717, 1.165) is 37.4 Å². The Morgan fingerprint density at radius 2 is 1.60 bits per heavy atom. The Labute approximate surface area is 174 Å². The molecule has 0 unspecified atom stereocenters. The number of aliphatic imine (C=N–C) groups is 1. The summed E-state index contributed by atoms with van der Waals surface area (Å²) in [6.07, 6.45) is 0. The maximum absolute atomic E-state index is 13.1. The van der Waals surface area contributed by atoms with Gasteiger partial charge in [-0.15, -0.1) is 0 Å². The number of nitrogens with one attached hydrogen (secondary N) is 1. The van der Waals surface area contributed by atoms with Crippen LogP contribution in [0.4, 0.5) is 10.1 Å². The fourth-order valence-electron chi connectivity index (χ4n) is 3.15. The fraction of sp³-hybridized carbons (Fsp3) is 0.286. The first-order chi connectivity index (χ1) is 14.4. The first-order valence-corrected chi connectivity index (χ1v) is 9.63. The maximum atomic E-state index is 13.1. The van der Waals surface area contributed by atoms with Crippen molar-refractivity contribution in [3.05, 3.63) is 65.5 Å². The largest absolute Gasteiger partial charge is 0.370 e. The highest BCUT2D eigenvalue weighted by molar-refractivity contribution is 5.96. The van der Waals surface area contributed by atoms with Gasteiger partial charge in [-0.3, -0.25) is 9.59 Å². The zero-order valence-corrected chi connectivity index (χ0v) is 16.6. The van der Waals surface area contributed by atoms with Crippen LogP contribution in [0.2, 0.25) is 0 Å². The standard InChI is InChI=1S/C21H25FN6O2/c22-17-5-7-18(8-6-17)27-9-11-28(12-10-27)21(24)26-13-15-1-3-16(4-2-15)20(30)25-14-19(23)29/h1-8H,9-14H2,(H2,23,29)(H2,24,26)(H,25,30). The summed E-state index contributed by atoms with van der Waals surface area (Å²) in [5, 5.41) is 2.44. The zero-order valence-electron chi connectivity index (χ0n) is 16.6. The van der Waals surface area contributed by atoms with Gasteiger partial charge in [0.25, 0.3) is 5.91 Å². The SMILES string of the molecule is NC(=O)CNC(=O)c1ccc(CN=C(N)N2CCN(c3ccc(F)cc3)CC2)cc1. The number of halogens is 1. The van der Waals surface area contributed by atoms with Crippen molar-refractivity contribution in [3.63, 3.8) is 0 Å². The molecule has 158 valence electrons. The summed E-state index contributed by atoms with van der Waals surface area (Å²) >= 11 is 0. The second kappa shape index (κ2) is 9.73. The summed E-state index contributed by atoms with van der Waals surface area (Å²) in [5.41, 5.74) is 13.5. The highest BCUT2D eigenvalue weighted by Crippen LogP contribution is 2.17. The number of carbonyl (C=O) groups is 2. The molecule has 1 fully saturated rings. The number of nitrogens with zero attached hydrogens (tertiary/aromatic N) is 3. The lowest BCUT2D eigenvalue weighted by molar-refractivity contribution is -0.117. The summed E-state index contributed by atoms with van der Waals surface area (Å²) in [6.45, 7) is 3.20. The third-order valence-corrected chi connectivity index (χ3v) is 4.86. The topological polar surface area (TPSA) is 117 Å². The molecular weight excluding hydrogens is 387 g/mol. The molecular formula is C21H25FN6O2. The lowest BCUT2D eigenvalue weighted by Crippen LogP contribution is -2.51. The lowest BCUT2D eigenvalue weighted by atomic mass is 10.1. The molecule has 1 aliphatic heterocycles. The van der Waals surface area contributed by atoms with E-state index in [1.54, 1.807) is 36.4 Å². The Kier molecular flexibility index (Phi) is 6.84. The molecule has 1 saturated heterocycles. The Hall–Kier alpha value is -3.62. The molecule has 1 heterocycles. The molecule has 0 aliphatic carbocycles. The predicted octanol–water partition coefficient (Wildman–Crippen LogP) is 0.678. The quantitative estimate of drug-likeness (QED) is 0.476. The van der Waals surface area contributed by atoms with Crippen molar-refractivity contribution < 1.29 is 14.0 Å². The Morgan fingerprint density at radius 1 is 0.967 bits per heavy atom. The summed E-state index contributed by atoms with van der Waals surface area (Å²) in [5.74, 6) is -0.726. The molecule has 0 spiro atoms. The summed E-state index contributed by atoms with van der Waals surface area (Å²) in [6, 6.07) is 13.4. The molecule has 0 bridgehead atoms. The highest BCUT2D eigenvalue weighted by atomic mass is 19.1. The molecule has 8 nitrogen and oxygen atoms in total. The van der Waals surface area contributed by atoms with Gasteiger partial charge in [0.1, 0.15) is 5.82 Å². The van der Waals surface area contributed by atoms with Crippen molar-refractivity contribution in [2.45, 2.75) is 6.54 Å². The molecule has 2 aromatic rings. The van der Waals surface area contributed by atoms with E-state index in [1.165, 1.54) is 12.1 Å². The molecule has 0 aromatic heterocycles. The minimum absolute atomic E-state index is 0.199. The van der Waals surface area contributed by atoms with Crippen LogP contribution in [0.1, 0.15) is 15.9 Å². The van der Waals surface area contributed by atoms with Gasteiger partial charge in [0.05, 0.1) is 13.1 Å². The predicted molar refractivity (Wildman–Crippen MR) is 113 cm³/mol. The molecule has 0 saturated carbocycles. The van der Waals surface area contributed by atoms with Crippen molar-refractivity contribution in [1.82, 2.24) is 10.2 Å². The first-order valence-electron chi connectivity index (χ1n) is 9.63. The minimum Gasteiger partial charge on any atom is -0.370 e. The van der Waals surface area contributed by atoms with Crippen LogP contribution < -0.4 is 21.7 Å². The average Bonchev–Trinajstić information content (AvgIpc) is 2.77. The van der Waals surface area contributed by atoms with Crippen LogP contribution in [0, 0.1) is 5.82 Å². The van der Waals surface area contributed by atoms with Crippen molar-refractivity contribution in [1.29, 1.82) is 0 Å². The number of anilines is 1. The number of piperazine rings is 1. The number of nitrogens with two attached hydrogens (primary N) is 2.